The third-order valence-electron chi connectivity index (χ3n) is 4.38. The topological polar surface area (TPSA) is 58.1 Å². The summed E-state index contributed by atoms with van der Waals surface area (Å²) in [5, 5.41) is 2.87. The monoisotopic (exact) mass is 388 g/mol. The Hall–Kier alpha value is -1.95. The molecule has 3 rings (SSSR count). The molecule has 1 aromatic carbocycles. The number of rotatable bonds is 4. The van der Waals surface area contributed by atoms with E-state index in [4.69, 9.17) is 0 Å². The molecule has 6 heteroatoms. The number of halogens is 1. The van der Waals surface area contributed by atoms with E-state index in [-0.39, 0.29) is 5.91 Å². The number of aromatic nitrogens is 2. The normalized spacial score (nSPS) is 17.6. The van der Waals surface area contributed by atoms with Crippen LogP contribution in [0.2, 0.25) is 0 Å². The van der Waals surface area contributed by atoms with Crippen molar-refractivity contribution in [3.63, 3.8) is 0 Å². The maximum absolute atomic E-state index is 12.3. The van der Waals surface area contributed by atoms with E-state index in [2.05, 4.69) is 43.0 Å². The Morgan fingerprint density at radius 1 is 1.29 bits per heavy atom. The van der Waals surface area contributed by atoms with Gasteiger partial charge in [0.25, 0.3) is 5.91 Å². The van der Waals surface area contributed by atoms with E-state index < -0.39 is 0 Å². The molecule has 24 heavy (non-hydrogen) atoms. The van der Waals surface area contributed by atoms with Crippen LogP contribution in [0.3, 0.4) is 0 Å². The van der Waals surface area contributed by atoms with Crippen LogP contribution in [0.5, 0.6) is 0 Å². The van der Waals surface area contributed by atoms with Gasteiger partial charge in [-0.25, -0.2) is 9.97 Å². The number of piperidine rings is 1. The summed E-state index contributed by atoms with van der Waals surface area (Å²) in [4.78, 5) is 23.5. The van der Waals surface area contributed by atoms with Crippen molar-refractivity contribution in [3.05, 3.63) is 46.7 Å². The lowest BCUT2D eigenvalue weighted by molar-refractivity contribution is 0.102. The van der Waals surface area contributed by atoms with Gasteiger partial charge in [0, 0.05) is 29.5 Å². The van der Waals surface area contributed by atoms with Crippen molar-refractivity contribution >= 4 is 33.5 Å². The smallest absolute Gasteiger partial charge is 0.258 e. The summed E-state index contributed by atoms with van der Waals surface area (Å²) < 4.78 is 0.843. The van der Waals surface area contributed by atoms with Gasteiger partial charge in [-0.2, -0.15) is 0 Å². The molecule has 1 saturated heterocycles. The van der Waals surface area contributed by atoms with Gasteiger partial charge in [-0.15, -0.1) is 0 Å². The highest BCUT2D eigenvalue weighted by Crippen LogP contribution is 2.24. The molecule has 1 aromatic heterocycles. The highest BCUT2D eigenvalue weighted by atomic mass is 79.9. The Morgan fingerprint density at radius 2 is 2.04 bits per heavy atom. The summed E-state index contributed by atoms with van der Waals surface area (Å²) >= 11 is 3.42. The summed E-state index contributed by atoms with van der Waals surface area (Å²) in [6, 6.07) is 8.01. The number of hydrogen-bond donors (Lipinski definition) is 1. The second kappa shape index (κ2) is 7.75. The minimum Gasteiger partial charge on any atom is -0.338 e. The molecule has 1 atom stereocenters. The zero-order valence-electron chi connectivity index (χ0n) is 13.7. The van der Waals surface area contributed by atoms with E-state index in [0.29, 0.717) is 11.6 Å². The average molecular weight is 389 g/mol. The first kappa shape index (κ1) is 16.9. The van der Waals surface area contributed by atoms with Crippen molar-refractivity contribution in [1.29, 1.82) is 0 Å². The molecule has 1 N–H and O–H groups in total. The number of hydrogen-bond acceptors (Lipinski definition) is 4. The predicted octanol–water partition coefficient (Wildman–Crippen LogP) is 4.26. The first-order valence-electron chi connectivity index (χ1n) is 8.33. The molecule has 0 aliphatic carbocycles. The predicted molar refractivity (Wildman–Crippen MR) is 99.4 cm³/mol. The number of carbonyl (C=O) groups excluding carboxylic acids is 1. The van der Waals surface area contributed by atoms with Gasteiger partial charge >= 0.3 is 0 Å². The zero-order valence-corrected chi connectivity index (χ0v) is 15.3. The molecule has 1 aliphatic rings. The van der Waals surface area contributed by atoms with Crippen molar-refractivity contribution < 1.29 is 4.79 Å². The lowest BCUT2D eigenvalue weighted by Crippen LogP contribution is -2.40. The second-order valence-electron chi connectivity index (χ2n) is 5.96. The zero-order chi connectivity index (χ0) is 16.9. The third-order valence-corrected chi connectivity index (χ3v) is 5.07. The van der Waals surface area contributed by atoms with Crippen molar-refractivity contribution in [2.75, 3.05) is 16.8 Å². The van der Waals surface area contributed by atoms with E-state index in [1.807, 2.05) is 24.3 Å². The summed E-state index contributed by atoms with van der Waals surface area (Å²) in [7, 11) is 0. The fourth-order valence-corrected chi connectivity index (χ4v) is 3.42. The van der Waals surface area contributed by atoms with Crippen molar-refractivity contribution in [2.45, 2.75) is 38.6 Å². The molecule has 0 bridgehead atoms. The van der Waals surface area contributed by atoms with Crippen LogP contribution in [-0.4, -0.2) is 28.5 Å². The van der Waals surface area contributed by atoms with Gasteiger partial charge in [0.2, 0.25) is 5.95 Å². The van der Waals surface area contributed by atoms with Crippen LogP contribution in [0.1, 0.15) is 43.0 Å². The number of nitrogens with one attached hydrogen (secondary N) is 1. The molecule has 1 fully saturated rings. The van der Waals surface area contributed by atoms with Crippen molar-refractivity contribution in [2.24, 2.45) is 0 Å². The molecule has 5 nitrogen and oxygen atoms in total. The molecule has 0 radical (unpaired) electrons. The van der Waals surface area contributed by atoms with Gasteiger partial charge in [-0.05, 0) is 53.7 Å². The quantitative estimate of drug-likeness (QED) is 0.849. The molecular formula is C18H21BrN4O. The fourth-order valence-electron chi connectivity index (χ4n) is 3.03. The van der Waals surface area contributed by atoms with E-state index in [1.165, 1.54) is 19.3 Å². The van der Waals surface area contributed by atoms with Crippen LogP contribution in [0.15, 0.2) is 41.1 Å². The van der Waals surface area contributed by atoms with Crippen LogP contribution in [0, 0.1) is 0 Å². The summed E-state index contributed by atoms with van der Waals surface area (Å²) in [6.45, 7) is 3.18. The second-order valence-corrected chi connectivity index (χ2v) is 6.81. The average Bonchev–Trinajstić information content (AvgIpc) is 2.63. The Morgan fingerprint density at radius 3 is 2.75 bits per heavy atom. The lowest BCUT2D eigenvalue weighted by Gasteiger charge is -2.35. The molecule has 1 amide bonds. The van der Waals surface area contributed by atoms with Gasteiger partial charge in [-0.1, -0.05) is 19.1 Å². The van der Waals surface area contributed by atoms with E-state index in [9.17, 15) is 4.79 Å². The van der Waals surface area contributed by atoms with Gasteiger partial charge in [0.1, 0.15) is 0 Å². The standard InChI is InChI=1S/C18H21BrN4O/c1-2-14-7-5-6-10-23(14)18-20-11-13(12-21-18)17(24)22-16-9-4-3-8-15(16)19/h3-4,8-9,11-12,14H,2,5-7,10H2,1H3,(H,22,24). The molecule has 2 aromatic rings. The molecule has 1 aliphatic heterocycles. The highest BCUT2D eigenvalue weighted by Gasteiger charge is 2.23. The first-order valence-corrected chi connectivity index (χ1v) is 9.13. The first-order chi connectivity index (χ1) is 11.7. The van der Waals surface area contributed by atoms with Crippen LogP contribution < -0.4 is 10.2 Å². The van der Waals surface area contributed by atoms with Crippen LogP contribution in [0.25, 0.3) is 0 Å². The molecule has 2 heterocycles. The number of anilines is 2. The van der Waals surface area contributed by atoms with Gasteiger partial charge in [0.15, 0.2) is 0 Å². The fraction of sp³-hybridized carbons (Fsp3) is 0.389. The molecule has 126 valence electrons. The lowest BCUT2D eigenvalue weighted by atomic mass is 10.0. The van der Waals surface area contributed by atoms with Crippen LogP contribution in [0.4, 0.5) is 11.6 Å². The van der Waals surface area contributed by atoms with E-state index in [1.54, 1.807) is 12.4 Å². The molecule has 1 unspecified atom stereocenters. The van der Waals surface area contributed by atoms with E-state index >= 15 is 0 Å². The summed E-state index contributed by atoms with van der Waals surface area (Å²) in [6.07, 6.45) is 7.93. The number of carbonyl (C=O) groups is 1. The molecule has 0 saturated carbocycles. The Bertz CT molecular complexity index is 704. The van der Waals surface area contributed by atoms with Gasteiger partial charge in [0.05, 0.1) is 11.3 Å². The van der Waals surface area contributed by atoms with Gasteiger partial charge < -0.3 is 10.2 Å². The number of amides is 1. The highest BCUT2D eigenvalue weighted by molar-refractivity contribution is 9.10. The number of nitrogens with zero attached hydrogens (tertiary/aromatic N) is 3. The number of para-hydroxylation sites is 1. The largest absolute Gasteiger partial charge is 0.338 e. The van der Waals surface area contributed by atoms with Crippen molar-refractivity contribution in [1.82, 2.24) is 9.97 Å². The van der Waals surface area contributed by atoms with E-state index in [0.717, 1.165) is 29.1 Å². The molecule has 0 spiro atoms. The number of benzene rings is 1. The van der Waals surface area contributed by atoms with Crippen LogP contribution in [-0.2, 0) is 0 Å². The Kier molecular flexibility index (Phi) is 5.45. The molecular weight excluding hydrogens is 368 g/mol. The third kappa shape index (κ3) is 3.75. The Labute approximate surface area is 150 Å². The SMILES string of the molecule is CCC1CCCCN1c1ncc(C(=O)Nc2ccccc2Br)cn1. The summed E-state index contributed by atoms with van der Waals surface area (Å²) in [5.74, 6) is 0.512. The van der Waals surface area contributed by atoms with Crippen LogP contribution >= 0.6 is 15.9 Å². The minimum atomic E-state index is -0.209. The maximum Gasteiger partial charge on any atom is 0.258 e. The minimum absolute atomic E-state index is 0.209. The maximum atomic E-state index is 12.3. The van der Waals surface area contributed by atoms with Crippen molar-refractivity contribution in [3.8, 4) is 0 Å². The Balaban J connectivity index is 1.72. The van der Waals surface area contributed by atoms with Gasteiger partial charge in [-0.3, -0.25) is 4.79 Å². The summed E-state index contributed by atoms with van der Waals surface area (Å²) in [5.41, 5.74) is 1.19.